The number of rotatable bonds is 8. The highest BCUT2D eigenvalue weighted by Crippen LogP contribution is 2.02. The van der Waals surface area contributed by atoms with Gasteiger partial charge in [-0.1, -0.05) is 13.8 Å². The third-order valence-corrected chi connectivity index (χ3v) is 2.96. The number of methoxy groups -OCH3 is 1. The second-order valence-corrected chi connectivity index (χ2v) is 5.10. The Kier molecular flexibility index (Phi) is 6.49. The van der Waals surface area contributed by atoms with E-state index in [1.807, 2.05) is 0 Å². The molecule has 0 aliphatic heterocycles. The first-order valence-electron chi connectivity index (χ1n) is 4.79. The van der Waals surface area contributed by atoms with Crippen molar-refractivity contribution in [3.8, 4) is 0 Å². The molecule has 7 nitrogen and oxygen atoms in total. The van der Waals surface area contributed by atoms with Crippen molar-refractivity contribution in [3.63, 3.8) is 0 Å². The van der Waals surface area contributed by atoms with Crippen LogP contribution >= 0.6 is 0 Å². The first-order valence-corrected chi connectivity index (χ1v) is 6.27. The smallest absolute Gasteiger partial charge is 0.322 e. The molecular formula is C8H18N2O5S. The topological polar surface area (TPSA) is 105 Å². The molecule has 0 aromatic carbocycles. The molecule has 0 unspecified atom stereocenters. The first kappa shape index (κ1) is 15.3. The molecule has 0 spiro atoms. The zero-order chi connectivity index (χ0) is 12.8. The normalized spacial score (nSPS) is 14.0. The second-order valence-electron chi connectivity index (χ2n) is 3.57. The number of hydrogen-bond acceptors (Lipinski definition) is 4. The first-order chi connectivity index (χ1) is 7.30. The van der Waals surface area contributed by atoms with E-state index in [1.54, 1.807) is 13.8 Å². The third-order valence-electron chi connectivity index (χ3n) is 1.81. The van der Waals surface area contributed by atoms with Gasteiger partial charge in [-0.05, 0) is 5.92 Å². The minimum atomic E-state index is -3.80. The third kappa shape index (κ3) is 6.01. The molecular weight excluding hydrogens is 236 g/mol. The van der Waals surface area contributed by atoms with E-state index in [-0.39, 0.29) is 19.1 Å². The van der Waals surface area contributed by atoms with Crippen molar-refractivity contribution < 1.29 is 23.1 Å². The maximum Gasteiger partial charge on any atom is 0.322 e. The SMILES string of the molecule is COCCNS(=O)(=O)N[C@@H](C(=O)O)C(C)C. The minimum Gasteiger partial charge on any atom is -0.480 e. The molecule has 3 N–H and O–H groups in total. The van der Waals surface area contributed by atoms with Gasteiger partial charge in [-0.3, -0.25) is 4.79 Å². The van der Waals surface area contributed by atoms with Crippen molar-refractivity contribution >= 4 is 16.2 Å². The molecule has 1 atom stereocenters. The zero-order valence-corrected chi connectivity index (χ0v) is 10.4. The molecule has 0 radical (unpaired) electrons. The zero-order valence-electron chi connectivity index (χ0n) is 9.56. The number of nitrogens with one attached hydrogen (secondary N) is 2. The predicted octanol–water partition coefficient (Wildman–Crippen LogP) is -0.834. The van der Waals surface area contributed by atoms with E-state index in [0.717, 1.165) is 0 Å². The van der Waals surface area contributed by atoms with Gasteiger partial charge in [-0.2, -0.15) is 17.9 Å². The Labute approximate surface area is 95.4 Å². The molecule has 0 bridgehead atoms. The summed E-state index contributed by atoms with van der Waals surface area (Å²) in [6.45, 7) is 3.56. The Morgan fingerprint density at radius 3 is 2.38 bits per heavy atom. The van der Waals surface area contributed by atoms with Crippen LogP contribution in [0.1, 0.15) is 13.8 Å². The van der Waals surface area contributed by atoms with E-state index in [0.29, 0.717) is 0 Å². The maximum atomic E-state index is 11.4. The standard InChI is InChI=1S/C8H18N2O5S/c1-6(2)7(8(11)12)10-16(13,14)9-4-5-15-3/h6-7,9-10H,4-5H2,1-3H3,(H,11,12)/t7-/m1/s1. The van der Waals surface area contributed by atoms with E-state index in [2.05, 4.69) is 14.2 Å². The van der Waals surface area contributed by atoms with Gasteiger partial charge < -0.3 is 9.84 Å². The number of carboxylic acid groups (broad SMARTS) is 1. The van der Waals surface area contributed by atoms with Crippen molar-refractivity contribution in [2.75, 3.05) is 20.3 Å². The summed E-state index contributed by atoms with van der Waals surface area (Å²) in [6, 6.07) is -1.14. The molecule has 0 saturated heterocycles. The summed E-state index contributed by atoms with van der Waals surface area (Å²) in [7, 11) is -2.36. The number of hydrogen-bond donors (Lipinski definition) is 3. The fourth-order valence-corrected chi connectivity index (χ4v) is 2.10. The number of carboxylic acids is 1. The molecule has 0 aromatic heterocycles. The van der Waals surface area contributed by atoms with Crippen LogP contribution in [0.3, 0.4) is 0 Å². The summed E-state index contributed by atoms with van der Waals surface area (Å²) in [5.74, 6) is -1.54. The summed E-state index contributed by atoms with van der Waals surface area (Å²) in [5, 5.41) is 8.80. The quantitative estimate of drug-likeness (QED) is 0.490. The van der Waals surface area contributed by atoms with Gasteiger partial charge in [0.2, 0.25) is 0 Å². The highest BCUT2D eigenvalue weighted by atomic mass is 32.2. The summed E-state index contributed by atoms with van der Waals surface area (Å²) >= 11 is 0. The van der Waals surface area contributed by atoms with Crippen LogP contribution in [-0.2, 0) is 19.7 Å². The Balaban J connectivity index is 4.37. The number of ether oxygens (including phenoxy) is 1. The molecule has 96 valence electrons. The average Bonchev–Trinajstić information content (AvgIpc) is 2.13. The average molecular weight is 254 g/mol. The summed E-state index contributed by atoms with van der Waals surface area (Å²) in [4.78, 5) is 10.8. The van der Waals surface area contributed by atoms with Crippen LogP contribution in [-0.4, -0.2) is 45.8 Å². The lowest BCUT2D eigenvalue weighted by atomic mass is 10.1. The monoisotopic (exact) mass is 254 g/mol. The van der Waals surface area contributed by atoms with Crippen molar-refractivity contribution in [3.05, 3.63) is 0 Å². The molecule has 0 aliphatic carbocycles. The van der Waals surface area contributed by atoms with Crippen molar-refractivity contribution in [1.29, 1.82) is 0 Å². The van der Waals surface area contributed by atoms with Crippen LogP contribution < -0.4 is 9.44 Å². The molecule has 0 aromatic rings. The van der Waals surface area contributed by atoms with Gasteiger partial charge in [0, 0.05) is 13.7 Å². The molecule has 0 amide bonds. The minimum absolute atomic E-state index is 0.0935. The van der Waals surface area contributed by atoms with Gasteiger partial charge >= 0.3 is 5.97 Å². The van der Waals surface area contributed by atoms with Gasteiger partial charge in [-0.15, -0.1) is 0 Å². The van der Waals surface area contributed by atoms with E-state index < -0.39 is 22.2 Å². The van der Waals surface area contributed by atoms with Crippen molar-refractivity contribution in [2.24, 2.45) is 5.92 Å². The van der Waals surface area contributed by atoms with Crippen LogP contribution in [0.15, 0.2) is 0 Å². The van der Waals surface area contributed by atoms with Crippen LogP contribution in [0.25, 0.3) is 0 Å². The molecule has 16 heavy (non-hydrogen) atoms. The van der Waals surface area contributed by atoms with Crippen LogP contribution in [0.4, 0.5) is 0 Å². The van der Waals surface area contributed by atoms with E-state index in [1.165, 1.54) is 7.11 Å². The van der Waals surface area contributed by atoms with E-state index >= 15 is 0 Å². The lowest BCUT2D eigenvalue weighted by Crippen LogP contribution is -2.49. The molecule has 0 rings (SSSR count). The van der Waals surface area contributed by atoms with Crippen LogP contribution in [0, 0.1) is 5.92 Å². The van der Waals surface area contributed by atoms with Crippen molar-refractivity contribution in [1.82, 2.24) is 9.44 Å². The molecule has 8 heteroatoms. The van der Waals surface area contributed by atoms with Crippen molar-refractivity contribution in [2.45, 2.75) is 19.9 Å². The molecule has 0 aliphatic rings. The number of carbonyl (C=O) groups is 1. The molecule has 0 fully saturated rings. The van der Waals surface area contributed by atoms with Gasteiger partial charge in [0.15, 0.2) is 0 Å². The molecule has 0 saturated carbocycles. The lowest BCUT2D eigenvalue weighted by Gasteiger charge is -2.18. The van der Waals surface area contributed by atoms with Gasteiger partial charge in [-0.25, -0.2) is 0 Å². The van der Waals surface area contributed by atoms with E-state index in [9.17, 15) is 13.2 Å². The van der Waals surface area contributed by atoms with Gasteiger partial charge in [0.1, 0.15) is 6.04 Å². The second kappa shape index (κ2) is 6.79. The highest BCUT2D eigenvalue weighted by Gasteiger charge is 2.26. The van der Waals surface area contributed by atoms with Crippen LogP contribution in [0.5, 0.6) is 0 Å². The lowest BCUT2D eigenvalue weighted by molar-refractivity contribution is -0.140. The Morgan fingerprint density at radius 2 is 2.00 bits per heavy atom. The van der Waals surface area contributed by atoms with E-state index in [4.69, 9.17) is 5.11 Å². The highest BCUT2D eigenvalue weighted by molar-refractivity contribution is 7.87. The summed E-state index contributed by atoms with van der Waals surface area (Å²) in [5.41, 5.74) is 0. The fraction of sp³-hybridized carbons (Fsp3) is 0.875. The van der Waals surface area contributed by atoms with Crippen LogP contribution in [0.2, 0.25) is 0 Å². The Hall–Kier alpha value is -0.700. The fourth-order valence-electron chi connectivity index (χ4n) is 0.959. The molecule has 0 heterocycles. The van der Waals surface area contributed by atoms with Gasteiger partial charge in [0.05, 0.1) is 6.61 Å². The largest absolute Gasteiger partial charge is 0.480 e. The Bertz CT molecular complexity index is 314. The maximum absolute atomic E-state index is 11.4. The predicted molar refractivity (Wildman–Crippen MR) is 58.2 cm³/mol. The van der Waals surface area contributed by atoms with Gasteiger partial charge in [0.25, 0.3) is 10.2 Å². The summed E-state index contributed by atoms with van der Waals surface area (Å²) in [6.07, 6.45) is 0. The number of aliphatic carboxylic acids is 1. The summed E-state index contributed by atoms with van der Waals surface area (Å²) < 4.78 is 31.7. The Morgan fingerprint density at radius 1 is 1.44 bits per heavy atom.